The molecule has 2 N–H and O–H groups in total. The number of hydrogen-bond acceptors (Lipinski definition) is 5. The molecular formula is C25H34FN3O4. The Hall–Kier alpha value is -2.61. The molecule has 1 aliphatic heterocycles. The van der Waals surface area contributed by atoms with Crippen molar-refractivity contribution in [2.75, 3.05) is 18.0 Å². The topological polar surface area (TPSA) is 83.8 Å². The number of aliphatic hydroxyl groups is 1. The van der Waals surface area contributed by atoms with Crippen LogP contribution in [0.3, 0.4) is 0 Å². The fourth-order valence-electron chi connectivity index (χ4n) is 4.94. The number of nitrogens with zero attached hydrogens (tertiary/aromatic N) is 2. The van der Waals surface area contributed by atoms with Crippen molar-refractivity contribution in [1.29, 1.82) is 0 Å². The first-order valence-electron chi connectivity index (χ1n) is 11.7. The van der Waals surface area contributed by atoms with Gasteiger partial charge in [0.05, 0.1) is 17.8 Å². The molecule has 1 aromatic heterocycles. The predicted molar refractivity (Wildman–Crippen MR) is 126 cm³/mol. The Bertz CT molecular complexity index is 1130. The van der Waals surface area contributed by atoms with Crippen LogP contribution in [-0.2, 0) is 11.3 Å². The van der Waals surface area contributed by atoms with E-state index in [2.05, 4.69) is 5.32 Å². The number of benzene rings is 1. The summed E-state index contributed by atoms with van der Waals surface area (Å²) in [4.78, 5) is 27.0. The lowest BCUT2D eigenvalue weighted by Gasteiger charge is -2.27. The minimum Gasteiger partial charge on any atom is -0.444 e. The van der Waals surface area contributed by atoms with E-state index in [0.717, 1.165) is 24.8 Å². The van der Waals surface area contributed by atoms with Crippen molar-refractivity contribution in [2.45, 2.75) is 78.2 Å². The molecule has 0 radical (unpaired) electrons. The predicted octanol–water partition coefficient (Wildman–Crippen LogP) is 4.02. The Morgan fingerprint density at radius 2 is 2.00 bits per heavy atom. The summed E-state index contributed by atoms with van der Waals surface area (Å²) in [5.74, 6) is -0.217. The van der Waals surface area contributed by atoms with Gasteiger partial charge in [-0.2, -0.15) is 0 Å². The number of carbonyl (C=O) groups is 1. The van der Waals surface area contributed by atoms with E-state index >= 15 is 4.39 Å². The summed E-state index contributed by atoms with van der Waals surface area (Å²) in [6.45, 7) is 10.2. The Morgan fingerprint density at radius 1 is 1.30 bits per heavy atom. The molecule has 1 aliphatic carbocycles. The molecule has 2 aromatic rings. The smallest absolute Gasteiger partial charge is 0.407 e. The van der Waals surface area contributed by atoms with E-state index in [1.165, 1.54) is 12.1 Å². The van der Waals surface area contributed by atoms with Crippen LogP contribution in [0.25, 0.3) is 10.9 Å². The lowest BCUT2D eigenvalue weighted by Crippen LogP contribution is -2.42. The van der Waals surface area contributed by atoms with Crippen LogP contribution >= 0.6 is 0 Å². The van der Waals surface area contributed by atoms with Gasteiger partial charge in [-0.15, -0.1) is 0 Å². The van der Waals surface area contributed by atoms with Crippen LogP contribution < -0.4 is 15.8 Å². The van der Waals surface area contributed by atoms with Crippen LogP contribution in [0.4, 0.5) is 14.9 Å². The highest BCUT2D eigenvalue weighted by molar-refractivity contribution is 5.90. The monoisotopic (exact) mass is 459 g/mol. The number of pyridine rings is 1. The molecule has 0 spiro atoms. The minimum absolute atomic E-state index is 0.126. The van der Waals surface area contributed by atoms with Gasteiger partial charge in [0.15, 0.2) is 0 Å². The van der Waals surface area contributed by atoms with Gasteiger partial charge >= 0.3 is 6.09 Å². The number of aliphatic hydroxyl groups excluding tert-OH is 1. The summed E-state index contributed by atoms with van der Waals surface area (Å²) >= 11 is 0. The van der Waals surface area contributed by atoms with E-state index < -0.39 is 11.7 Å². The number of alkyl carbamates (subject to hydrolysis) is 1. The number of amides is 1. The molecular weight excluding hydrogens is 425 g/mol. The Morgan fingerprint density at radius 3 is 2.61 bits per heavy atom. The van der Waals surface area contributed by atoms with E-state index in [-0.39, 0.29) is 36.0 Å². The van der Waals surface area contributed by atoms with Gasteiger partial charge in [-0.05, 0) is 77.0 Å². The molecule has 2 atom stereocenters. The van der Waals surface area contributed by atoms with Gasteiger partial charge in [0.2, 0.25) is 0 Å². The van der Waals surface area contributed by atoms with Crippen LogP contribution in [0.2, 0.25) is 0 Å². The number of aromatic nitrogens is 1. The Labute approximate surface area is 193 Å². The summed E-state index contributed by atoms with van der Waals surface area (Å²) in [6, 6.07) is 2.89. The molecule has 1 saturated carbocycles. The SMILES string of the molecule is Cc1c(N2CC[C@@H]([C@H](C)NC(=O)OC(C)(C)C)C2)c(F)cc2c(CO)cc(=O)n(C3CC3)c12. The van der Waals surface area contributed by atoms with E-state index in [4.69, 9.17) is 4.74 Å². The van der Waals surface area contributed by atoms with Gasteiger partial charge < -0.3 is 24.6 Å². The van der Waals surface area contributed by atoms with Crippen LogP contribution in [-0.4, -0.2) is 40.5 Å². The van der Waals surface area contributed by atoms with E-state index in [1.54, 1.807) is 4.57 Å². The summed E-state index contributed by atoms with van der Waals surface area (Å²) in [6.07, 6.45) is 2.21. The molecule has 180 valence electrons. The zero-order valence-corrected chi connectivity index (χ0v) is 20.1. The van der Waals surface area contributed by atoms with Gasteiger partial charge in [0.25, 0.3) is 5.56 Å². The number of aryl methyl sites for hydroxylation is 1. The number of anilines is 1. The summed E-state index contributed by atoms with van der Waals surface area (Å²) in [5, 5.41) is 13.3. The first kappa shape index (κ1) is 23.5. The molecule has 1 amide bonds. The number of ether oxygens (including phenoxy) is 1. The van der Waals surface area contributed by atoms with Crippen LogP contribution in [0.15, 0.2) is 16.9 Å². The standard InChI is InChI=1S/C25H34FN3O4/c1-14-22-19(17(13-30)10-21(31)29(22)18-6-7-18)11-20(26)23(14)28-9-8-16(12-28)15(2)27-24(32)33-25(3,4)5/h10-11,15-16,18,30H,6-9,12-13H2,1-5H3,(H,27,32)/t15-,16+/m0/s1. The molecule has 0 bridgehead atoms. The third-order valence-electron chi connectivity index (χ3n) is 6.66. The highest BCUT2D eigenvalue weighted by atomic mass is 19.1. The van der Waals surface area contributed by atoms with Crippen LogP contribution in [0, 0.1) is 18.7 Å². The molecule has 33 heavy (non-hydrogen) atoms. The molecule has 2 heterocycles. The van der Waals surface area contributed by atoms with Crippen molar-refractivity contribution in [1.82, 2.24) is 9.88 Å². The number of hydrogen-bond donors (Lipinski definition) is 2. The van der Waals surface area contributed by atoms with Crippen molar-refractivity contribution in [3.8, 4) is 0 Å². The van der Waals surface area contributed by atoms with Gasteiger partial charge in [-0.25, -0.2) is 9.18 Å². The van der Waals surface area contributed by atoms with Crippen LogP contribution in [0.5, 0.6) is 0 Å². The quantitative estimate of drug-likeness (QED) is 0.706. The molecule has 1 aromatic carbocycles. The van der Waals surface area contributed by atoms with Gasteiger partial charge in [0, 0.05) is 36.6 Å². The second-order valence-electron chi connectivity index (χ2n) is 10.4. The zero-order valence-electron chi connectivity index (χ0n) is 20.1. The van der Waals surface area contributed by atoms with Crippen molar-refractivity contribution in [3.05, 3.63) is 39.4 Å². The molecule has 0 unspecified atom stereocenters. The van der Waals surface area contributed by atoms with E-state index in [1.807, 2.05) is 39.5 Å². The van der Waals surface area contributed by atoms with Crippen molar-refractivity contribution >= 4 is 22.7 Å². The first-order chi connectivity index (χ1) is 15.5. The molecule has 2 fully saturated rings. The maximum Gasteiger partial charge on any atom is 0.407 e. The molecule has 8 heteroatoms. The highest BCUT2D eigenvalue weighted by Gasteiger charge is 2.33. The lowest BCUT2D eigenvalue weighted by molar-refractivity contribution is 0.0494. The van der Waals surface area contributed by atoms with Crippen LogP contribution in [0.1, 0.15) is 64.1 Å². The average Bonchev–Trinajstić information content (AvgIpc) is 3.42. The van der Waals surface area contributed by atoms with E-state index in [9.17, 15) is 14.7 Å². The zero-order chi connectivity index (χ0) is 24.1. The molecule has 4 rings (SSSR count). The third-order valence-corrected chi connectivity index (χ3v) is 6.66. The van der Waals surface area contributed by atoms with Crippen molar-refractivity contribution < 1.29 is 19.0 Å². The average molecular weight is 460 g/mol. The summed E-state index contributed by atoms with van der Waals surface area (Å²) < 4.78 is 22.6. The van der Waals surface area contributed by atoms with Gasteiger partial charge in [-0.3, -0.25) is 4.79 Å². The minimum atomic E-state index is -0.568. The van der Waals surface area contributed by atoms with E-state index in [0.29, 0.717) is 35.2 Å². The molecule has 2 aliphatic rings. The highest BCUT2D eigenvalue weighted by Crippen LogP contribution is 2.41. The maximum absolute atomic E-state index is 15.4. The van der Waals surface area contributed by atoms with Crippen molar-refractivity contribution in [2.24, 2.45) is 5.92 Å². The normalized spacial score (nSPS) is 19.7. The number of halogens is 1. The Kier molecular flexibility index (Phi) is 6.16. The molecule has 7 nitrogen and oxygen atoms in total. The summed E-state index contributed by atoms with van der Waals surface area (Å²) in [5.41, 5.74) is 1.67. The third kappa shape index (κ3) is 4.71. The second-order valence-corrected chi connectivity index (χ2v) is 10.4. The maximum atomic E-state index is 15.4. The summed E-state index contributed by atoms with van der Waals surface area (Å²) in [7, 11) is 0. The van der Waals surface area contributed by atoms with Gasteiger partial charge in [-0.1, -0.05) is 0 Å². The number of carbonyl (C=O) groups excluding carboxylic acids is 1. The lowest BCUT2D eigenvalue weighted by atomic mass is 10.0. The molecule has 1 saturated heterocycles. The number of nitrogens with one attached hydrogen (secondary N) is 1. The van der Waals surface area contributed by atoms with Crippen molar-refractivity contribution in [3.63, 3.8) is 0 Å². The largest absolute Gasteiger partial charge is 0.444 e. The van der Waals surface area contributed by atoms with Gasteiger partial charge in [0.1, 0.15) is 11.4 Å². The first-order valence-corrected chi connectivity index (χ1v) is 11.7. The number of rotatable bonds is 5. The fraction of sp³-hybridized carbons (Fsp3) is 0.600. The second kappa shape index (κ2) is 8.63. The Balaban J connectivity index is 1.63. The number of fused-ring (bicyclic) bond motifs is 1. The fourth-order valence-corrected chi connectivity index (χ4v) is 4.94.